The smallest absolute Gasteiger partial charge is 0.246 e. The van der Waals surface area contributed by atoms with Crippen molar-refractivity contribution in [1.82, 2.24) is 5.32 Å². The average molecular weight is 240 g/mol. The molecule has 0 radical (unpaired) electrons. The molecule has 5 nitrogen and oxygen atoms in total. The van der Waals surface area contributed by atoms with Crippen molar-refractivity contribution < 1.29 is 9.59 Å². The van der Waals surface area contributed by atoms with E-state index in [4.69, 9.17) is 17.3 Å². The first-order valence-corrected chi connectivity index (χ1v) is 5.08. The minimum Gasteiger partial charge on any atom is -0.369 e. The van der Waals surface area contributed by atoms with Crippen LogP contribution in [0.2, 0.25) is 5.02 Å². The summed E-state index contributed by atoms with van der Waals surface area (Å²) in [7, 11) is 0. The molecule has 1 unspecified atom stereocenters. The summed E-state index contributed by atoms with van der Waals surface area (Å²) in [5.41, 5.74) is 6.34. The molecule has 0 spiro atoms. The molecule has 0 fully saturated rings. The Bertz CT molecular complexity index is 461. The number of hydrogen-bond acceptors (Lipinski definition) is 3. The molecule has 1 heterocycles. The molecule has 0 aliphatic carbocycles. The summed E-state index contributed by atoms with van der Waals surface area (Å²) in [5.74, 6) is -0.752. The van der Waals surface area contributed by atoms with Crippen LogP contribution < -0.4 is 16.4 Å². The largest absolute Gasteiger partial charge is 0.369 e. The third-order valence-corrected chi connectivity index (χ3v) is 2.67. The first kappa shape index (κ1) is 10.9. The van der Waals surface area contributed by atoms with E-state index in [1.807, 2.05) is 0 Å². The highest BCUT2D eigenvalue weighted by Gasteiger charge is 2.32. The van der Waals surface area contributed by atoms with Crippen LogP contribution in [0.5, 0.6) is 0 Å². The fourth-order valence-corrected chi connectivity index (χ4v) is 1.96. The lowest BCUT2D eigenvalue weighted by molar-refractivity contribution is -0.119. The number of halogens is 1. The van der Waals surface area contributed by atoms with Crippen LogP contribution in [0.4, 0.5) is 5.69 Å². The molecular formula is C10H10ClN3O2. The van der Waals surface area contributed by atoms with Gasteiger partial charge in [0.2, 0.25) is 11.8 Å². The Labute approximate surface area is 97.0 Å². The van der Waals surface area contributed by atoms with E-state index in [0.29, 0.717) is 16.3 Å². The predicted molar refractivity (Wildman–Crippen MR) is 60.0 cm³/mol. The van der Waals surface area contributed by atoms with Crippen molar-refractivity contribution in [3.63, 3.8) is 0 Å². The maximum atomic E-state index is 11.6. The molecule has 1 aromatic carbocycles. The second-order valence-electron chi connectivity index (χ2n) is 3.47. The van der Waals surface area contributed by atoms with Crippen molar-refractivity contribution in [2.75, 3.05) is 11.9 Å². The number of hydrogen-bond donors (Lipinski definition) is 3. The summed E-state index contributed by atoms with van der Waals surface area (Å²) in [6.07, 6.45) is 0. The Morgan fingerprint density at radius 1 is 1.56 bits per heavy atom. The van der Waals surface area contributed by atoms with E-state index in [-0.39, 0.29) is 12.5 Å². The van der Waals surface area contributed by atoms with Gasteiger partial charge in [0.15, 0.2) is 0 Å². The maximum Gasteiger partial charge on any atom is 0.246 e. The summed E-state index contributed by atoms with van der Waals surface area (Å²) in [6, 6.07) is 4.58. The number of benzene rings is 1. The molecule has 84 valence electrons. The van der Waals surface area contributed by atoms with E-state index in [0.717, 1.165) is 0 Å². The zero-order chi connectivity index (χ0) is 11.7. The highest BCUT2D eigenvalue weighted by Crippen LogP contribution is 2.35. The van der Waals surface area contributed by atoms with Crippen molar-refractivity contribution in [3.8, 4) is 0 Å². The molecule has 2 rings (SSSR count). The molecular weight excluding hydrogens is 230 g/mol. The lowest BCUT2D eigenvalue weighted by Gasteiger charge is -2.10. The zero-order valence-electron chi connectivity index (χ0n) is 8.29. The van der Waals surface area contributed by atoms with Gasteiger partial charge in [-0.2, -0.15) is 0 Å². The molecule has 1 aliphatic rings. The van der Waals surface area contributed by atoms with Gasteiger partial charge in [-0.25, -0.2) is 0 Å². The van der Waals surface area contributed by atoms with Crippen LogP contribution in [-0.4, -0.2) is 18.4 Å². The van der Waals surface area contributed by atoms with Gasteiger partial charge in [0.25, 0.3) is 0 Å². The number of primary amides is 1. The van der Waals surface area contributed by atoms with Crippen molar-refractivity contribution in [2.24, 2.45) is 5.73 Å². The highest BCUT2D eigenvalue weighted by molar-refractivity contribution is 6.32. The Hall–Kier alpha value is -1.59. The monoisotopic (exact) mass is 239 g/mol. The second-order valence-corrected chi connectivity index (χ2v) is 3.88. The summed E-state index contributed by atoms with van der Waals surface area (Å²) < 4.78 is 0. The number of nitrogens with one attached hydrogen (secondary N) is 2. The first-order chi connectivity index (χ1) is 7.59. The van der Waals surface area contributed by atoms with Crippen molar-refractivity contribution in [3.05, 3.63) is 28.8 Å². The summed E-state index contributed by atoms with van der Waals surface area (Å²) >= 11 is 6.00. The van der Waals surface area contributed by atoms with Crippen LogP contribution in [0.3, 0.4) is 0 Å². The predicted octanol–water partition coefficient (Wildman–Crippen LogP) is 0.408. The maximum absolute atomic E-state index is 11.6. The molecule has 0 saturated carbocycles. The van der Waals surface area contributed by atoms with Crippen molar-refractivity contribution in [2.45, 2.75) is 6.04 Å². The summed E-state index contributed by atoms with van der Waals surface area (Å²) in [5, 5.41) is 5.91. The van der Waals surface area contributed by atoms with E-state index in [1.165, 1.54) is 0 Å². The molecule has 16 heavy (non-hydrogen) atoms. The number of nitrogens with two attached hydrogens (primary N) is 1. The number of carbonyl (C=O) groups excluding carboxylic acids is 2. The molecule has 2 amide bonds. The Balaban J connectivity index is 2.28. The fraction of sp³-hybridized carbons (Fsp3) is 0.200. The molecule has 0 bridgehead atoms. The van der Waals surface area contributed by atoms with Gasteiger partial charge in [-0.05, 0) is 12.1 Å². The first-order valence-electron chi connectivity index (χ1n) is 4.70. The van der Waals surface area contributed by atoms with Crippen molar-refractivity contribution >= 4 is 29.1 Å². The molecule has 1 aliphatic heterocycles. The molecule has 1 atom stereocenters. The number of carbonyl (C=O) groups is 2. The van der Waals surface area contributed by atoms with E-state index < -0.39 is 11.9 Å². The van der Waals surface area contributed by atoms with Gasteiger partial charge in [0.1, 0.15) is 6.04 Å². The van der Waals surface area contributed by atoms with Gasteiger partial charge in [0, 0.05) is 16.3 Å². The van der Waals surface area contributed by atoms with E-state index in [2.05, 4.69) is 10.6 Å². The Morgan fingerprint density at radius 2 is 2.31 bits per heavy atom. The Kier molecular flexibility index (Phi) is 2.80. The van der Waals surface area contributed by atoms with Crippen molar-refractivity contribution in [1.29, 1.82) is 0 Å². The van der Waals surface area contributed by atoms with E-state index >= 15 is 0 Å². The SMILES string of the molecule is NC(=O)CNC1C(=O)Nc2cccc(Cl)c21. The minimum atomic E-state index is -0.615. The van der Waals surface area contributed by atoms with Gasteiger partial charge in [0.05, 0.1) is 6.54 Å². The van der Waals surface area contributed by atoms with Gasteiger partial charge < -0.3 is 11.1 Å². The number of rotatable bonds is 3. The molecule has 1 aromatic rings. The normalized spacial score (nSPS) is 18.1. The summed E-state index contributed by atoms with van der Waals surface area (Å²) in [4.78, 5) is 22.3. The van der Waals surface area contributed by atoms with Crippen LogP contribution in [0.15, 0.2) is 18.2 Å². The van der Waals surface area contributed by atoms with Crippen LogP contribution in [0.25, 0.3) is 0 Å². The minimum absolute atomic E-state index is 0.0667. The fourth-order valence-electron chi connectivity index (χ4n) is 1.67. The third-order valence-electron chi connectivity index (χ3n) is 2.34. The highest BCUT2D eigenvalue weighted by atomic mass is 35.5. The van der Waals surface area contributed by atoms with Crippen LogP contribution in [0, 0.1) is 0 Å². The quantitative estimate of drug-likeness (QED) is 0.714. The standard InChI is InChI=1S/C10H10ClN3O2/c11-5-2-1-3-6-8(5)9(10(16)14-6)13-4-7(12)15/h1-3,9,13H,4H2,(H2,12,15)(H,14,16). The van der Waals surface area contributed by atoms with Crippen LogP contribution in [0.1, 0.15) is 11.6 Å². The number of anilines is 1. The van der Waals surface area contributed by atoms with Gasteiger partial charge in [-0.15, -0.1) is 0 Å². The zero-order valence-corrected chi connectivity index (χ0v) is 9.04. The third kappa shape index (κ3) is 1.87. The summed E-state index contributed by atoms with van der Waals surface area (Å²) in [6.45, 7) is -0.0667. The molecule has 0 aromatic heterocycles. The van der Waals surface area contributed by atoms with Gasteiger partial charge in [-0.3, -0.25) is 14.9 Å². The van der Waals surface area contributed by atoms with Gasteiger partial charge in [-0.1, -0.05) is 17.7 Å². The molecule has 6 heteroatoms. The second kappa shape index (κ2) is 4.11. The molecule has 4 N–H and O–H groups in total. The average Bonchev–Trinajstić information content (AvgIpc) is 2.52. The lowest BCUT2D eigenvalue weighted by atomic mass is 10.1. The number of fused-ring (bicyclic) bond motifs is 1. The topological polar surface area (TPSA) is 84.2 Å². The lowest BCUT2D eigenvalue weighted by Crippen LogP contribution is -2.34. The van der Waals surface area contributed by atoms with Crippen LogP contribution in [-0.2, 0) is 9.59 Å². The van der Waals surface area contributed by atoms with E-state index in [1.54, 1.807) is 18.2 Å². The molecule has 0 saturated heterocycles. The van der Waals surface area contributed by atoms with Gasteiger partial charge >= 0.3 is 0 Å². The Morgan fingerprint density at radius 3 is 3.00 bits per heavy atom. The van der Waals surface area contributed by atoms with Crippen LogP contribution >= 0.6 is 11.6 Å². The van der Waals surface area contributed by atoms with E-state index in [9.17, 15) is 9.59 Å². The number of amides is 2.